The van der Waals surface area contributed by atoms with E-state index in [-0.39, 0.29) is 25.7 Å². The van der Waals surface area contributed by atoms with Crippen LogP contribution in [0.25, 0.3) is 0 Å². The largest absolute Gasteiger partial charge is 0.472 e. The van der Waals surface area contributed by atoms with E-state index in [1.54, 1.807) is 0 Å². The van der Waals surface area contributed by atoms with Crippen LogP contribution in [0.2, 0.25) is 0 Å². The Morgan fingerprint density at radius 2 is 0.364 bits per heavy atom. The average Bonchev–Trinajstić information content (AvgIpc) is 0.905. The number of carbonyl (C=O) groups excluding carboxylic acids is 4. The molecule has 0 radical (unpaired) electrons. The number of hydrogen-bond donors (Lipinski definition) is 3. The number of aliphatic hydroxyl groups excluding tert-OH is 1. The molecule has 0 saturated heterocycles. The summed E-state index contributed by atoms with van der Waals surface area (Å²) >= 11 is 0. The third-order valence-electron chi connectivity index (χ3n) is 21.6. The van der Waals surface area contributed by atoms with Gasteiger partial charge in [-0.25, -0.2) is 9.13 Å². The third kappa shape index (κ3) is 84.0. The lowest BCUT2D eigenvalue weighted by Gasteiger charge is -2.21. The lowest BCUT2D eigenvalue weighted by atomic mass is 10.0. The van der Waals surface area contributed by atoms with Crippen LogP contribution in [0, 0.1) is 0 Å². The molecular formula is C91H178O17P2. The van der Waals surface area contributed by atoms with Crippen LogP contribution in [0.1, 0.15) is 503 Å². The maximum Gasteiger partial charge on any atom is 0.472 e. The summed E-state index contributed by atoms with van der Waals surface area (Å²) in [6.45, 7) is 5.09. The van der Waals surface area contributed by atoms with Crippen LogP contribution in [0.3, 0.4) is 0 Å². The second-order valence-corrected chi connectivity index (χ2v) is 35.6. The monoisotopic (exact) mass is 1610 g/mol. The van der Waals surface area contributed by atoms with Crippen LogP contribution in [-0.4, -0.2) is 96.7 Å². The molecule has 0 aliphatic carbocycles. The highest BCUT2D eigenvalue weighted by molar-refractivity contribution is 7.47. The topological polar surface area (TPSA) is 237 Å². The summed E-state index contributed by atoms with van der Waals surface area (Å²) in [6.07, 6.45) is 82.0. The van der Waals surface area contributed by atoms with E-state index in [1.807, 2.05) is 0 Å². The number of rotatable bonds is 92. The lowest BCUT2D eigenvalue weighted by molar-refractivity contribution is -0.161. The van der Waals surface area contributed by atoms with E-state index in [1.165, 1.54) is 334 Å². The Bertz CT molecular complexity index is 2070. The van der Waals surface area contributed by atoms with E-state index < -0.39 is 97.5 Å². The average molecular weight is 1610 g/mol. The van der Waals surface area contributed by atoms with Crippen molar-refractivity contribution in [3.05, 3.63) is 0 Å². The molecule has 0 bridgehead atoms. The molecule has 0 spiro atoms. The number of hydrogen-bond acceptors (Lipinski definition) is 15. The number of ether oxygens (including phenoxy) is 4. The van der Waals surface area contributed by atoms with Crippen LogP contribution >= 0.6 is 15.6 Å². The molecule has 654 valence electrons. The van der Waals surface area contributed by atoms with Crippen molar-refractivity contribution < 1.29 is 80.2 Å². The van der Waals surface area contributed by atoms with E-state index in [9.17, 15) is 43.2 Å². The molecule has 0 amide bonds. The molecular weight excluding hydrogens is 1430 g/mol. The van der Waals surface area contributed by atoms with Crippen LogP contribution in [0.15, 0.2) is 0 Å². The molecule has 0 aromatic heterocycles. The molecule has 0 heterocycles. The fraction of sp³-hybridized carbons (Fsp3) is 0.956. The smallest absolute Gasteiger partial charge is 0.462 e. The Labute approximate surface area is 677 Å². The zero-order valence-corrected chi connectivity index (χ0v) is 74.0. The van der Waals surface area contributed by atoms with E-state index in [4.69, 9.17) is 37.0 Å². The summed E-state index contributed by atoms with van der Waals surface area (Å²) in [6, 6.07) is 0. The Hall–Kier alpha value is -1.94. The van der Waals surface area contributed by atoms with Crippen molar-refractivity contribution in [2.24, 2.45) is 0 Å². The van der Waals surface area contributed by atoms with Gasteiger partial charge in [-0.1, -0.05) is 451 Å². The first kappa shape index (κ1) is 108. The normalized spacial score (nSPS) is 13.6. The predicted octanol–water partition coefficient (Wildman–Crippen LogP) is 28.5. The second kappa shape index (κ2) is 85.0. The first-order valence-corrected chi connectivity index (χ1v) is 50.3. The highest BCUT2D eigenvalue weighted by Crippen LogP contribution is 2.45. The van der Waals surface area contributed by atoms with Gasteiger partial charge in [0.25, 0.3) is 0 Å². The van der Waals surface area contributed by atoms with Gasteiger partial charge in [-0.05, 0) is 25.7 Å². The minimum absolute atomic E-state index is 0.109. The van der Waals surface area contributed by atoms with E-state index >= 15 is 0 Å². The maximum absolute atomic E-state index is 13.2. The molecule has 3 N–H and O–H groups in total. The van der Waals surface area contributed by atoms with Gasteiger partial charge in [-0.3, -0.25) is 37.3 Å². The molecule has 0 rings (SSSR count). The van der Waals surface area contributed by atoms with Gasteiger partial charge in [-0.15, -0.1) is 0 Å². The Morgan fingerprint density at radius 1 is 0.218 bits per heavy atom. The first-order chi connectivity index (χ1) is 53.7. The number of aliphatic hydroxyl groups is 1. The zero-order valence-electron chi connectivity index (χ0n) is 72.3. The van der Waals surface area contributed by atoms with Crippen molar-refractivity contribution in [2.75, 3.05) is 39.6 Å². The number of phosphoric acid groups is 2. The number of phosphoric ester groups is 2. The fourth-order valence-electron chi connectivity index (χ4n) is 14.4. The summed E-state index contributed by atoms with van der Waals surface area (Å²) in [5.74, 6) is -2.09. The van der Waals surface area contributed by atoms with Gasteiger partial charge in [0, 0.05) is 25.7 Å². The van der Waals surface area contributed by atoms with Crippen LogP contribution in [-0.2, 0) is 65.4 Å². The highest BCUT2D eigenvalue weighted by Gasteiger charge is 2.31. The molecule has 5 atom stereocenters. The standard InChI is InChI=1S/C91H178O17P2/c1-5-9-13-17-21-25-29-33-36-39-41-43-45-47-50-52-56-60-64-68-72-76-89(94)102-82-87(108-91(96)78-74-70-66-62-58-54-51-48-46-44-42-40-37-34-30-26-22-18-14-10-6-2)84-106-110(99,100)104-80-85(92)79-103-109(97,98)105-83-86(81-101-88(93)75-71-67-63-59-55-32-28-24-20-16-12-8-4)107-90(95)77-73-69-65-61-57-53-49-38-35-31-27-23-19-15-11-7-3/h85-87,92H,5-84H2,1-4H3,(H,97,98)(H,99,100)/t85-,86+,87+/m0/s1. The summed E-state index contributed by atoms with van der Waals surface area (Å²) in [5, 5.41) is 10.7. The fourth-order valence-corrected chi connectivity index (χ4v) is 16.0. The van der Waals surface area contributed by atoms with E-state index in [2.05, 4.69) is 27.7 Å². The molecule has 17 nitrogen and oxygen atoms in total. The van der Waals surface area contributed by atoms with Crippen molar-refractivity contribution >= 4 is 39.5 Å². The van der Waals surface area contributed by atoms with E-state index in [0.717, 1.165) is 89.9 Å². The highest BCUT2D eigenvalue weighted by atomic mass is 31.2. The van der Waals surface area contributed by atoms with Gasteiger partial charge in [-0.2, -0.15) is 0 Å². The van der Waals surface area contributed by atoms with Gasteiger partial charge in [0.1, 0.15) is 19.3 Å². The molecule has 0 fully saturated rings. The molecule has 0 aliphatic heterocycles. The number of esters is 4. The van der Waals surface area contributed by atoms with Crippen molar-refractivity contribution in [3.63, 3.8) is 0 Å². The van der Waals surface area contributed by atoms with Crippen LogP contribution < -0.4 is 0 Å². The number of unbranched alkanes of at least 4 members (excludes halogenated alkanes) is 66. The second-order valence-electron chi connectivity index (χ2n) is 32.7. The molecule has 0 aromatic carbocycles. The van der Waals surface area contributed by atoms with E-state index in [0.29, 0.717) is 25.7 Å². The molecule has 0 aliphatic rings. The lowest BCUT2D eigenvalue weighted by Crippen LogP contribution is -2.30. The minimum Gasteiger partial charge on any atom is -0.462 e. The molecule has 19 heteroatoms. The summed E-state index contributed by atoms with van der Waals surface area (Å²) < 4.78 is 69.1. The summed E-state index contributed by atoms with van der Waals surface area (Å²) in [5.41, 5.74) is 0. The van der Waals surface area contributed by atoms with Crippen molar-refractivity contribution in [1.29, 1.82) is 0 Å². The van der Waals surface area contributed by atoms with Gasteiger partial charge in [0.2, 0.25) is 0 Å². The van der Waals surface area contributed by atoms with Crippen molar-refractivity contribution in [2.45, 2.75) is 521 Å². The minimum atomic E-state index is -4.97. The Kier molecular flexibility index (Phi) is 83.5. The van der Waals surface area contributed by atoms with Crippen LogP contribution in [0.5, 0.6) is 0 Å². The van der Waals surface area contributed by atoms with Gasteiger partial charge in [0.15, 0.2) is 12.2 Å². The quantitative estimate of drug-likeness (QED) is 0.0222. The van der Waals surface area contributed by atoms with Crippen LogP contribution in [0.4, 0.5) is 0 Å². The number of carbonyl (C=O) groups is 4. The van der Waals surface area contributed by atoms with Crippen molar-refractivity contribution in [1.82, 2.24) is 0 Å². The first-order valence-electron chi connectivity index (χ1n) is 47.3. The molecule has 0 aromatic rings. The summed E-state index contributed by atoms with van der Waals surface area (Å²) in [7, 11) is -9.93. The maximum atomic E-state index is 13.2. The third-order valence-corrected chi connectivity index (χ3v) is 23.5. The molecule has 2 unspecified atom stereocenters. The predicted molar refractivity (Wildman–Crippen MR) is 455 cm³/mol. The van der Waals surface area contributed by atoms with Gasteiger partial charge >= 0.3 is 39.5 Å². The van der Waals surface area contributed by atoms with Gasteiger partial charge < -0.3 is 33.8 Å². The Morgan fingerprint density at radius 3 is 0.536 bits per heavy atom. The van der Waals surface area contributed by atoms with Crippen molar-refractivity contribution in [3.8, 4) is 0 Å². The Balaban J connectivity index is 5.23. The SMILES string of the molecule is CCCCCCCCCCCCCCCCCCCCCCCC(=O)OC[C@H](COP(=O)(O)OC[C@@H](O)COP(=O)(O)OC[C@@H](COC(=O)CCCCCCCCCCCCCC)OC(=O)CCCCCCCCCCCCCCCCCC)OC(=O)CCCCCCCCCCCCCCCCCCCCCCC. The summed E-state index contributed by atoms with van der Waals surface area (Å²) in [4.78, 5) is 73.4. The molecule has 0 saturated carbocycles. The molecule has 110 heavy (non-hydrogen) atoms. The zero-order chi connectivity index (χ0) is 80.3. The van der Waals surface area contributed by atoms with Gasteiger partial charge in [0.05, 0.1) is 26.4 Å².